The molecule has 3 aliphatic rings. The first kappa shape index (κ1) is 15.1. The van der Waals surface area contributed by atoms with Crippen molar-refractivity contribution < 1.29 is 4.79 Å². The number of amides is 1. The second-order valence-electron chi connectivity index (χ2n) is 6.79. The molecule has 1 N–H and O–H groups in total. The van der Waals surface area contributed by atoms with Crippen LogP contribution < -0.4 is 5.32 Å². The number of hydrogen-bond acceptors (Lipinski definition) is 3. The standard InChI is InChI=1S/C19H24N2OS/c1-3-19(4-2)12-13-8-5-6-9-14(13)16-15(19)17(22)21-10-7-11-23-18(21)20-16/h5-6,8-9,18,20H,3-4,7,10-12H2,1-2H3. The first-order valence-electron chi connectivity index (χ1n) is 8.72. The van der Waals surface area contributed by atoms with E-state index in [-0.39, 0.29) is 16.8 Å². The molecule has 3 nitrogen and oxygen atoms in total. The van der Waals surface area contributed by atoms with Gasteiger partial charge in [0.15, 0.2) is 5.50 Å². The Morgan fingerprint density at radius 1 is 1.30 bits per heavy atom. The van der Waals surface area contributed by atoms with E-state index in [0.717, 1.165) is 49.3 Å². The van der Waals surface area contributed by atoms with E-state index in [2.05, 4.69) is 48.3 Å². The maximum absolute atomic E-state index is 13.4. The summed E-state index contributed by atoms with van der Waals surface area (Å²) in [7, 11) is 0. The number of rotatable bonds is 2. The number of nitrogens with zero attached hydrogens (tertiary/aromatic N) is 1. The van der Waals surface area contributed by atoms with Crippen molar-refractivity contribution in [1.82, 2.24) is 10.2 Å². The van der Waals surface area contributed by atoms with E-state index in [1.807, 2.05) is 11.8 Å². The predicted molar refractivity (Wildman–Crippen MR) is 95.8 cm³/mol. The molecule has 0 bridgehead atoms. The minimum Gasteiger partial charge on any atom is -0.356 e. The van der Waals surface area contributed by atoms with Crippen LogP contribution in [0.2, 0.25) is 0 Å². The molecule has 1 unspecified atom stereocenters. The molecule has 1 atom stereocenters. The van der Waals surface area contributed by atoms with Gasteiger partial charge in [0, 0.05) is 23.1 Å². The third-order valence-electron chi connectivity index (χ3n) is 5.79. The maximum Gasteiger partial charge on any atom is 0.254 e. The van der Waals surface area contributed by atoms with Gasteiger partial charge in [-0.15, -0.1) is 11.8 Å². The molecule has 1 fully saturated rings. The van der Waals surface area contributed by atoms with Crippen LogP contribution in [0.15, 0.2) is 29.8 Å². The van der Waals surface area contributed by atoms with E-state index in [4.69, 9.17) is 0 Å². The average Bonchev–Trinajstić information content (AvgIpc) is 2.61. The van der Waals surface area contributed by atoms with Crippen molar-refractivity contribution in [3.05, 3.63) is 41.0 Å². The van der Waals surface area contributed by atoms with Gasteiger partial charge in [0.05, 0.1) is 5.70 Å². The molecule has 1 aromatic rings. The Morgan fingerprint density at radius 3 is 2.87 bits per heavy atom. The van der Waals surface area contributed by atoms with E-state index >= 15 is 0 Å². The summed E-state index contributed by atoms with van der Waals surface area (Å²) in [6, 6.07) is 8.60. The summed E-state index contributed by atoms with van der Waals surface area (Å²) in [5.41, 5.74) is 4.84. The Balaban J connectivity index is 1.92. The van der Waals surface area contributed by atoms with Gasteiger partial charge in [0.1, 0.15) is 0 Å². The lowest BCUT2D eigenvalue weighted by Crippen LogP contribution is -2.57. The zero-order valence-electron chi connectivity index (χ0n) is 13.9. The minimum absolute atomic E-state index is 0.0269. The molecular formula is C19H24N2OS. The SMILES string of the molecule is CCC1(CC)Cc2ccccc2C2=C1C(=O)N1CCCSC1N2. The van der Waals surface area contributed by atoms with Gasteiger partial charge in [0.25, 0.3) is 5.91 Å². The Bertz CT molecular complexity index is 678. The van der Waals surface area contributed by atoms with Crippen molar-refractivity contribution in [2.24, 2.45) is 5.41 Å². The molecule has 4 rings (SSSR count). The fraction of sp³-hybridized carbons (Fsp3) is 0.526. The Kier molecular flexibility index (Phi) is 3.67. The van der Waals surface area contributed by atoms with Gasteiger partial charge >= 0.3 is 0 Å². The number of carbonyl (C=O) groups excluding carboxylic acids is 1. The van der Waals surface area contributed by atoms with E-state index in [1.54, 1.807) is 0 Å². The predicted octanol–water partition coefficient (Wildman–Crippen LogP) is 3.61. The number of thioether (sulfide) groups is 1. The highest BCUT2D eigenvalue weighted by atomic mass is 32.2. The fourth-order valence-corrected chi connectivity index (χ4v) is 5.44. The Morgan fingerprint density at radius 2 is 2.09 bits per heavy atom. The fourth-order valence-electron chi connectivity index (χ4n) is 4.34. The van der Waals surface area contributed by atoms with Gasteiger partial charge in [-0.05, 0) is 37.0 Å². The minimum atomic E-state index is -0.0269. The number of benzene rings is 1. The summed E-state index contributed by atoms with van der Waals surface area (Å²) < 4.78 is 0. The second kappa shape index (κ2) is 5.59. The van der Waals surface area contributed by atoms with Crippen molar-refractivity contribution in [3.63, 3.8) is 0 Å². The van der Waals surface area contributed by atoms with Gasteiger partial charge in [0.2, 0.25) is 0 Å². The van der Waals surface area contributed by atoms with Crippen LogP contribution >= 0.6 is 11.8 Å². The third-order valence-corrected chi connectivity index (χ3v) is 7.01. The lowest BCUT2D eigenvalue weighted by Gasteiger charge is -2.48. The lowest BCUT2D eigenvalue weighted by molar-refractivity contribution is -0.130. The van der Waals surface area contributed by atoms with E-state index in [1.165, 1.54) is 11.1 Å². The molecule has 1 aromatic carbocycles. The molecular weight excluding hydrogens is 304 g/mol. The van der Waals surface area contributed by atoms with Crippen molar-refractivity contribution >= 4 is 23.4 Å². The monoisotopic (exact) mass is 328 g/mol. The molecule has 0 radical (unpaired) electrons. The topological polar surface area (TPSA) is 32.3 Å². The van der Waals surface area contributed by atoms with Crippen molar-refractivity contribution in [3.8, 4) is 0 Å². The van der Waals surface area contributed by atoms with Crippen LogP contribution in [0.3, 0.4) is 0 Å². The zero-order valence-corrected chi connectivity index (χ0v) is 14.7. The molecule has 2 aliphatic heterocycles. The summed E-state index contributed by atoms with van der Waals surface area (Å²) in [5, 5.41) is 3.72. The highest BCUT2D eigenvalue weighted by Gasteiger charge is 2.47. The number of nitrogens with one attached hydrogen (secondary N) is 1. The normalized spacial score (nSPS) is 25.4. The molecule has 0 saturated carbocycles. The summed E-state index contributed by atoms with van der Waals surface area (Å²) in [4.78, 5) is 15.4. The molecule has 1 aliphatic carbocycles. The highest BCUT2D eigenvalue weighted by molar-refractivity contribution is 7.99. The van der Waals surface area contributed by atoms with E-state index in [9.17, 15) is 4.79 Å². The smallest absolute Gasteiger partial charge is 0.254 e. The molecule has 1 saturated heterocycles. The van der Waals surface area contributed by atoms with E-state index < -0.39 is 0 Å². The number of carbonyl (C=O) groups is 1. The molecule has 4 heteroatoms. The van der Waals surface area contributed by atoms with Gasteiger partial charge in [-0.1, -0.05) is 38.1 Å². The van der Waals surface area contributed by atoms with Crippen molar-refractivity contribution in [2.45, 2.75) is 45.0 Å². The molecule has 2 heterocycles. The number of hydrogen-bond donors (Lipinski definition) is 1. The quantitative estimate of drug-likeness (QED) is 0.900. The first-order valence-corrected chi connectivity index (χ1v) is 9.77. The van der Waals surface area contributed by atoms with Gasteiger partial charge in [-0.2, -0.15) is 0 Å². The molecule has 1 amide bonds. The maximum atomic E-state index is 13.4. The lowest BCUT2D eigenvalue weighted by atomic mass is 9.65. The summed E-state index contributed by atoms with van der Waals surface area (Å²) in [6.07, 6.45) is 4.10. The first-order chi connectivity index (χ1) is 11.2. The van der Waals surface area contributed by atoms with Crippen LogP contribution in [0.1, 0.15) is 44.2 Å². The summed E-state index contributed by atoms with van der Waals surface area (Å²) >= 11 is 1.86. The van der Waals surface area contributed by atoms with Crippen LogP contribution in [0.4, 0.5) is 0 Å². The molecule has 0 spiro atoms. The van der Waals surface area contributed by atoms with Crippen LogP contribution in [0.5, 0.6) is 0 Å². The second-order valence-corrected chi connectivity index (χ2v) is 7.98. The third kappa shape index (κ3) is 2.14. The molecule has 23 heavy (non-hydrogen) atoms. The van der Waals surface area contributed by atoms with Crippen molar-refractivity contribution in [1.29, 1.82) is 0 Å². The molecule has 0 aromatic heterocycles. The average molecular weight is 328 g/mol. The van der Waals surface area contributed by atoms with Gasteiger partial charge < -0.3 is 10.2 Å². The van der Waals surface area contributed by atoms with Crippen LogP contribution in [0.25, 0.3) is 5.70 Å². The van der Waals surface area contributed by atoms with Gasteiger partial charge in [-0.25, -0.2) is 0 Å². The van der Waals surface area contributed by atoms with Crippen molar-refractivity contribution in [2.75, 3.05) is 12.3 Å². The Labute approximate surface area is 142 Å². The van der Waals surface area contributed by atoms with E-state index in [0.29, 0.717) is 0 Å². The van der Waals surface area contributed by atoms with Crippen LogP contribution in [0, 0.1) is 5.41 Å². The zero-order chi connectivity index (χ0) is 16.0. The van der Waals surface area contributed by atoms with Gasteiger partial charge in [-0.3, -0.25) is 4.79 Å². The van der Waals surface area contributed by atoms with Crippen LogP contribution in [-0.2, 0) is 11.2 Å². The highest BCUT2D eigenvalue weighted by Crippen LogP contribution is 2.49. The van der Waals surface area contributed by atoms with Crippen LogP contribution in [-0.4, -0.2) is 28.6 Å². The number of fused-ring (bicyclic) bond motifs is 3. The largest absolute Gasteiger partial charge is 0.356 e. The Hall–Kier alpha value is -1.42. The summed E-state index contributed by atoms with van der Waals surface area (Å²) in [5.74, 6) is 1.40. The molecule has 122 valence electrons. The summed E-state index contributed by atoms with van der Waals surface area (Å²) in [6.45, 7) is 5.34.